The summed E-state index contributed by atoms with van der Waals surface area (Å²) in [7, 11) is 0. The fourth-order valence-electron chi connectivity index (χ4n) is 2.48. The topological polar surface area (TPSA) is 84.3 Å². The lowest BCUT2D eigenvalue weighted by molar-refractivity contribution is -0.384. The highest BCUT2D eigenvalue weighted by Crippen LogP contribution is 2.25. The van der Waals surface area contributed by atoms with Crippen LogP contribution in [-0.2, 0) is 0 Å². The number of rotatable bonds is 4. The second-order valence-electron chi connectivity index (χ2n) is 5.73. The molecule has 0 aliphatic carbocycles. The number of halogens is 2. The summed E-state index contributed by atoms with van der Waals surface area (Å²) in [6.45, 7) is 4.49. The number of piperidine rings is 1. The van der Waals surface area contributed by atoms with Crippen LogP contribution in [0.1, 0.15) is 30.1 Å². The predicted molar refractivity (Wildman–Crippen MR) is 87.9 cm³/mol. The first-order valence-electron chi connectivity index (χ1n) is 6.84. The first-order chi connectivity index (χ1) is 9.89. The molecule has 1 aromatic carbocycles. The molecule has 2 rings (SSSR count). The number of nitro groups is 1. The molecule has 0 bridgehead atoms. The van der Waals surface area contributed by atoms with Crippen molar-refractivity contribution in [2.45, 2.75) is 19.8 Å². The number of hydrogen-bond donors (Lipinski definition) is 2. The van der Waals surface area contributed by atoms with Crippen molar-refractivity contribution in [3.8, 4) is 0 Å². The van der Waals surface area contributed by atoms with Gasteiger partial charge in [-0.2, -0.15) is 0 Å². The van der Waals surface area contributed by atoms with E-state index in [9.17, 15) is 14.9 Å². The van der Waals surface area contributed by atoms with E-state index in [1.54, 1.807) is 0 Å². The van der Waals surface area contributed by atoms with Crippen molar-refractivity contribution in [1.29, 1.82) is 0 Å². The third-order valence-corrected chi connectivity index (χ3v) is 3.94. The normalized spacial score (nSPS) is 20.8. The Bertz CT molecular complexity index is 560. The van der Waals surface area contributed by atoms with Gasteiger partial charge < -0.3 is 10.6 Å². The maximum absolute atomic E-state index is 12.1. The molecule has 8 heteroatoms. The van der Waals surface area contributed by atoms with E-state index in [1.165, 1.54) is 18.2 Å². The summed E-state index contributed by atoms with van der Waals surface area (Å²) in [5.41, 5.74) is 0.0399. The van der Waals surface area contributed by atoms with Gasteiger partial charge in [-0.05, 0) is 30.9 Å². The summed E-state index contributed by atoms with van der Waals surface area (Å²) in [6.07, 6.45) is 2.12. The smallest absolute Gasteiger partial charge is 0.271 e. The second kappa shape index (κ2) is 7.76. The zero-order valence-corrected chi connectivity index (χ0v) is 13.8. The van der Waals surface area contributed by atoms with Gasteiger partial charge in [0.1, 0.15) is 0 Å². The Labute approximate surface area is 140 Å². The van der Waals surface area contributed by atoms with Crippen LogP contribution < -0.4 is 10.6 Å². The van der Waals surface area contributed by atoms with Crippen molar-refractivity contribution >= 4 is 35.6 Å². The number of hydrogen-bond acceptors (Lipinski definition) is 4. The third kappa shape index (κ3) is 4.83. The van der Waals surface area contributed by atoms with Gasteiger partial charge in [-0.15, -0.1) is 12.4 Å². The lowest BCUT2D eigenvalue weighted by Crippen LogP contribution is -2.45. The minimum absolute atomic E-state index is 0. The van der Waals surface area contributed by atoms with Gasteiger partial charge >= 0.3 is 0 Å². The number of non-ortho nitro benzene ring substituents is 1. The number of nitrogens with one attached hydrogen (secondary N) is 2. The van der Waals surface area contributed by atoms with Gasteiger partial charge in [-0.25, -0.2) is 0 Å². The molecule has 0 saturated carbocycles. The van der Waals surface area contributed by atoms with Crippen molar-refractivity contribution in [3.05, 3.63) is 38.9 Å². The van der Waals surface area contributed by atoms with E-state index < -0.39 is 4.92 Å². The molecule has 1 saturated heterocycles. The Morgan fingerprint density at radius 3 is 2.82 bits per heavy atom. The Hall–Kier alpha value is -1.37. The molecule has 1 heterocycles. The maximum atomic E-state index is 12.1. The van der Waals surface area contributed by atoms with E-state index in [1.807, 2.05) is 0 Å². The molecule has 1 fully saturated rings. The highest BCUT2D eigenvalue weighted by Gasteiger charge is 2.27. The SMILES string of the molecule is CC1(CNC(=O)c2cc(Cl)cc([N+](=O)[O-])c2)CCCNC1.Cl. The Balaban J connectivity index is 0.00000242. The van der Waals surface area contributed by atoms with Gasteiger partial charge in [-0.3, -0.25) is 14.9 Å². The predicted octanol–water partition coefficient (Wildman–Crippen LogP) is 2.79. The molecule has 22 heavy (non-hydrogen) atoms. The molecule has 1 amide bonds. The Morgan fingerprint density at radius 1 is 1.50 bits per heavy atom. The Morgan fingerprint density at radius 2 is 2.23 bits per heavy atom. The molecule has 2 N–H and O–H groups in total. The molecule has 1 unspecified atom stereocenters. The molecule has 0 aromatic heterocycles. The molecule has 1 aromatic rings. The highest BCUT2D eigenvalue weighted by atomic mass is 35.5. The van der Waals surface area contributed by atoms with Crippen LogP contribution in [0.25, 0.3) is 0 Å². The van der Waals surface area contributed by atoms with Crippen molar-refractivity contribution in [1.82, 2.24) is 10.6 Å². The van der Waals surface area contributed by atoms with Crippen LogP contribution in [-0.4, -0.2) is 30.5 Å². The number of carbonyl (C=O) groups excluding carboxylic acids is 1. The zero-order chi connectivity index (χ0) is 15.5. The summed E-state index contributed by atoms with van der Waals surface area (Å²) < 4.78 is 0. The lowest BCUT2D eigenvalue weighted by atomic mass is 9.83. The van der Waals surface area contributed by atoms with Crippen LogP contribution in [0.5, 0.6) is 0 Å². The van der Waals surface area contributed by atoms with E-state index in [2.05, 4.69) is 17.6 Å². The largest absolute Gasteiger partial charge is 0.351 e. The first kappa shape index (κ1) is 18.7. The lowest BCUT2D eigenvalue weighted by Gasteiger charge is -2.34. The van der Waals surface area contributed by atoms with Crippen molar-refractivity contribution < 1.29 is 9.72 Å². The number of carbonyl (C=O) groups is 1. The van der Waals surface area contributed by atoms with Crippen LogP contribution in [0.3, 0.4) is 0 Å². The fourth-order valence-corrected chi connectivity index (χ4v) is 2.71. The van der Waals surface area contributed by atoms with Gasteiger partial charge in [0.15, 0.2) is 0 Å². The summed E-state index contributed by atoms with van der Waals surface area (Å²) in [5, 5.41) is 17.1. The van der Waals surface area contributed by atoms with Crippen LogP contribution >= 0.6 is 24.0 Å². The molecule has 1 aliphatic heterocycles. The van der Waals surface area contributed by atoms with Crippen LogP contribution in [0, 0.1) is 15.5 Å². The minimum atomic E-state index is -0.560. The fraction of sp³-hybridized carbons (Fsp3) is 0.500. The quantitative estimate of drug-likeness (QED) is 0.647. The molecule has 0 spiro atoms. The summed E-state index contributed by atoms with van der Waals surface area (Å²) in [6, 6.07) is 3.90. The third-order valence-electron chi connectivity index (χ3n) is 3.72. The summed E-state index contributed by atoms with van der Waals surface area (Å²) in [5.74, 6) is -0.340. The van der Waals surface area contributed by atoms with E-state index in [-0.39, 0.29) is 40.0 Å². The minimum Gasteiger partial charge on any atom is -0.351 e. The average Bonchev–Trinajstić information content (AvgIpc) is 2.45. The standard InChI is InChI=1S/C14H18ClN3O3.ClH/c1-14(3-2-4-16-8-14)9-17-13(19)10-5-11(15)7-12(6-10)18(20)21;/h5-7,16H,2-4,8-9H2,1H3,(H,17,19);1H. The zero-order valence-electron chi connectivity index (χ0n) is 12.2. The number of benzene rings is 1. The van der Waals surface area contributed by atoms with Crippen molar-refractivity contribution in [2.75, 3.05) is 19.6 Å². The molecule has 1 aliphatic rings. The van der Waals surface area contributed by atoms with Gasteiger partial charge in [0, 0.05) is 35.8 Å². The molecule has 6 nitrogen and oxygen atoms in total. The molecule has 122 valence electrons. The molecular formula is C14H19Cl2N3O3. The highest BCUT2D eigenvalue weighted by molar-refractivity contribution is 6.31. The van der Waals surface area contributed by atoms with E-state index in [4.69, 9.17) is 11.6 Å². The molecule has 1 atom stereocenters. The van der Waals surface area contributed by atoms with Gasteiger partial charge in [0.2, 0.25) is 0 Å². The molecule has 0 radical (unpaired) electrons. The van der Waals surface area contributed by atoms with Gasteiger partial charge in [0.05, 0.1) is 4.92 Å². The number of amides is 1. The van der Waals surface area contributed by atoms with Crippen molar-refractivity contribution in [2.24, 2.45) is 5.41 Å². The number of nitro benzene ring substituents is 1. The second-order valence-corrected chi connectivity index (χ2v) is 6.17. The van der Waals surface area contributed by atoms with Gasteiger partial charge in [-0.1, -0.05) is 18.5 Å². The van der Waals surface area contributed by atoms with E-state index in [0.717, 1.165) is 25.9 Å². The Kier molecular flexibility index (Phi) is 6.59. The molecular weight excluding hydrogens is 329 g/mol. The summed E-state index contributed by atoms with van der Waals surface area (Å²) in [4.78, 5) is 22.4. The summed E-state index contributed by atoms with van der Waals surface area (Å²) >= 11 is 5.82. The monoisotopic (exact) mass is 347 g/mol. The van der Waals surface area contributed by atoms with E-state index in [0.29, 0.717) is 6.54 Å². The average molecular weight is 348 g/mol. The van der Waals surface area contributed by atoms with Crippen LogP contribution in [0.2, 0.25) is 5.02 Å². The maximum Gasteiger partial charge on any atom is 0.271 e. The van der Waals surface area contributed by atoms with Crippen LogP contribution in [0.15, 0.2) is 18.2 Å². The first-order valence-corrected chi connectivity index (χ1v) is 7.21. The van der Waals surface area contributed by atoms with E-state index >= 15 is 0 Å². The van der Waals surface area contributed by atoms with Gasteiger partial charge in [0.25, 0.3) is 11.6 Å². The van der Waals surface area contributed by atoms with Crippen molar-refractivity contribution in [3.63, 3.8) is 0 Å². The van der Waals surface area contributed by atoms with Crippen LogP contribution in [0.4, 0.5) is 5.69 Å². The number of nitrogens with zero attached hydrogens (tertiary/aromatic N) is 1.